The molecule has 2 amide bonds. The number of carbonyl (C=O) groups is 2. The summed E-state index contributed by atoms with van der Waals surface area (Å²) in [6.45, 7) is 10.1. The van der Waals surface area contributed by atoms with Crippen LogP contribution in [0.5, 0.6) is 0 Å². The quantitative estimate of drug-likeness (QED) is 0.771. The number of rotatable bonds is 6. The number of likely N-dealkylation sites (N-methyl/N-ethyl adjacent to an activating group) is 1. The maximum atomic E-state index is 12.6. The number of benzene rings is 1. The van der Waals surface area contributed by atoms with Crippen molar-refractivity contribution >= 4 is 29.9 Å². The summed E-state index contributed by atoms with van der Waals surface area (Å²) in [5, 5.41) is 6.13. The van der Waals surface area contributed by atoms with Gasteiger partial charge in [0.25, 0.3) is 0 Å². The van der Waals surface area contributed by atoms with Crippen LogP contribution < -0.4 is 15.5 Å². The van der Waals surface area contributed by atoms with Gasteiger partial charge in [-0.2, -0.15) is 0 Å². The van der Waals surface area contributed by atoms with Gasteiger partial charge in [-0.05, 0) is 57.0 Å². The van der Waals surface area contributed by atoms with Crippen molar-refractivity contribution in [1.29, 1.82) is 0 Å². The van der Waals surface area contributed by atoms with Crippen molar-refractivity contribution in [3.8, 4) is 0 Å². The minimum Gasteiger partial charge on any atom is -0.354 e. The van der Waals surface area contributed by atoms with Gasteiger partial charge in [-0.1, -0.05) is 13.0 Å². The van der Waals surface area contributed by atoms with E-state index < -0.39 is 5.92 Å². The van der Waals surface area contributed by atoms with E-state index in [0.717, 1.165) is 23.4 Å². The summed E-state index contributed by atoms with van der Waals surface area (Å²) in [6, 6.07) is 6.28. The van der Waals surface area contributed by atoms with Crippen molar-refractivity contribution in [3.63, 3.8) is 0 Å². The molecule has 1 aliphatic heterocycles. The molecule has 6 heteroatoms. The fraction of sp³-hybridized carbons (Fsp3) is 0.556. The van der Waals surface area contributed by atoms with Crippen LogP contribution in [0.25, 0.3) is 0 Å². The lowest BCUT2D eigenvalue weighted by Crippen LogP contribution is -2.43. The molecule has 0 spiro atoms. The number of nitrogens with zero attached hydrogens (tertiary/aromatic N) is 1. The maximum Gasteiger partial charge on any atom is 0.239 e. The second-order valence-electron chi connectivity index (χ2n) is 6.38. The van der Waals surface area contributed by atoms with Crippen LogP contribution >= 0.6 is 12.4 Å². The van der Waals surface area contributed by atoms with Crippen LogP contribution in [-0.4, -0.2) is 37.5 Å². The summed E-state index contributed by atoms with van der Waals surface area (Å²) in [5.41, 5.74) is 3.14. The van der Waals surface area contributed by atoms with E-state index in [2.05, 4.69) is 16.7 Å². The smallest absolute Gasteiger partial charge is 0.239 e. The minimum atomic E-state index is -0.565. The molecule has 134 valence electrons. The number of halogens is 1. The van der Waals surface area contributed by atoms with Crippen molar-refractivity contribution in [2.45, 2.75) is 40.2 Å². The van der Waals surface area contributed by atoms with Gasteiger partial charge in [0.2, 0.25) is 11.8 Å². The summed E-state index contributed by atoms with van der Waals surface area (Å²) in [7, 11) is 0. The Kier molecular flexibility index (Phi) is 7.70. The summed E-state index contributed by atoms with van der Waals surface area (Å²) in [4.78, 5) is 26.6. The van der Waals surface area contributed by atoms with E-state index in [-0.39, 0.29) is 30.3 Å². The summed E-state index contributed by atoms with van der Waals surface area (Å²) >= 11 is 0. The van der Waals surface area contributed by atoms with Gasteiger partial charge < -0.3 is 15.5 Å². The van der Waals surface area contributed by atoms with Gasteiger partial charge in [0.1, 0.15) is 5.92 Å². The van der Waals surface area contributed by atoms with Crippen molar-refractivity contribution in [3.05, 3.63) is 29.3 Å². The molecule has 0 saturated carbocycles. The lowest BCUT2D eigenvalue weighted by atomic mass is 10.1. The maximum absolute atomic E-state index is 12.6. The number of amides is 2. The molecule has 1 aromatic carbocycles. The van der Waals surface area contributed by atoms with Gasteiger partial charge in [-0.3, -0.25) is 9.59 Å². The van der Waals surface area contributed by atoms with Crippen LogP contribution in [0.4, 0.5) is 5.69 Å². The first kappa shape index (κ1) is 20.5. The van der Waals surface area contributed by atoms with E-state index >= 15 is 0 Å². The van der Waals surface area contributed by atoms with E-state index in [1.54, 1.807) is 4.90 Å². The van der Waals surface area contributed by atoms with Crippen LogP contribution in [0.15, 0.2) is 18.2 Å². The van der Waals surface area contributed by atoms with E-state index in [9.17, 15) is 9.59 Å². The Hall–Kier alpha value is -1.59. The van der Waals surface area contributed by atoms with Gasteiger partial charge in [0.15, 0.2) is 0 Å². The Balaban J connectivity index is 0.00000288. The first-order valence-electron chi connectivity index (χ1n) is 8.33. The number of carbonyl (C=O) groups excluding carboxylic acids is 2. The SMILES string of the molecule is CCN[C@H](C)CNC(=O)C1CCN(c2cc(C)cc(C)c2)C1=O.Cl. The number of nitrogens with one attached hydrogen (secondary N) is 2. The first-order chi connectivity index (χ1) is 10.9. The largest absolute Gasteiger partial charge is 0.354 e. The zero-order valence-electron chi connectivity index (χ0n) is 14.9. The Morgan fingerprint density at radius 3 is 2.50 bits per heavy atom. The fourth-order valence-corrected chi connectivity index (χ4v) is 3.08. The third-order valence-electron chi connectivity index (χ3n) is 4.18. The van der Waals surface area contributed by atoms with Gasteiger partial charge in [0.05, 0.1) is 0 Å². The zero-order chi connectivity index (χ0) is 17.0. The average Bonchev–Trinajstić information content (AvgIpc) is 2.86. The third kappa shape index (κ3) is 4.95. The molecule has 5 nitrogen and oxygen atoms in total. The van der Waals surface area contributed by atoms with E-state index in [1.807, 2.05) is 39.8 Å². The van der Waals surface area contributed by atoms with Crippen molar-refractivity contribution < 1.29 is 9.59 Å². The first-order valence-corrected chi connectivity index (χ1v) is 8.33. The highest BCUT2D eigenvalue weighted by Gasteiger charge is 2.37. The van der Waals surface area contributed by atoms with Gasteiger partial charge in [-0.15, -0.1) is 12.4 Å². The molecule has 1 fully saturated rings. The molecule has 0 aliphatic carbocycles. The molecule has 1 aromatic rings. The van der Waals surface area contributed by atoms with Crippen LogP contribution in [0.2, 0.25) is 0 Å². The second-order valence-corrected chi connectivity index (χ2v) is 6.38. The fourth-order valence-electron chi connectivity index (χ4n) is 3.08. The van der Waals surface area contributed by atoms with E-state index in [4.69, 9.17) is 0 Å². The topological polar surface area (TPSA) is 61.4 Å². The number of anilines is 1. The molecule has 0 aromatic heterocycles. The van der Waals surface area contributed by atoms with E-state index in [1.165, 1.54) is 0 Å². The Morgan fingerprint density at radius 1 is 1.29 bits per heavy atom. The molecule has 2 N–H and O–H groups in total. The molecule has 2 atom stereocenters. The molecular weight excluding hydrogens is 326 g/mol. The molecule has 0 radical (unpaired) electrons. The highest BCUT2D eigenvalue weighted by molar-refractivity contribution is 6.09. The Bertz CT molecular complexity index is 571. The second kappa shape index (κ2) is 9.04. The molecular formula is C18H28ClN3O2. The van der Waals surface area contributed by atoms with Crippen molar-refractivity contribution in [2.75, 3.05) is 24.5 Å². The molecule has 1 unspecified atom stereocenters. The lowest BCUT2D eigenvalue weighted by Gasteiger charge is -2.19. The van der Waals surface area contributed by atoms with Crippen LogP contribution in [0.1, 0.15) is 31.4 Å². The van der Waals surface area contributed by atoms with Gasteiger partial charge >= 0.3 is 0 Å². The van der Waals surface area contributed by atoms with E-state index in [0.29, 0.717) is 19.5 Å². The molecule has 0 bridgehead atoms. The van der Waals surface area contributed by atoms with Crippen LogP contribution in [0, 0.1) is 19.8 Å². The standard InChI is InChI=1S/C18H27N3O2.ClH/c1-5-19-14(4)11-20-17(22)16-6-7-21(18(16)23)15-9-12(2)8-13(3)10-15;/h8-10,14,16,19H,5-7,11H2,1-4H3,(H,20,22);1H/t14-,16?;/m1./s1. The Labute approximate surface area is 150 Å². The molecule has 1 heterocycles. The van der Waals surface area contributed by atoms with Crippen LogP contribution in [-0.2, 0) is 9.59 Å². The molecule has 2 rings (SSSR count). The highest BCUT2D eigenvalue weighted by atomic mass is 35.5. The highest BCUT2D eigenvalue weighted by Crippen LogP contribution is 2.27. The minimum absolute atomic E-state index is 0. The predicted molar refractivity (Wildman–Crippen MR) is 99.8 cm³/mol. The number of hydrogen-bond acceptors (Lipinski definition) is 3. The molecule has 1 aliphatic rings. The third-order valence-corrected chi connectivity index (χ3v) is 4.18. The number of hydrogen-bond donors (Lipinski definition) is 2. The van der Waals surface area contributed by atoms with Crippen LogP contribution in [0.3, 0.4) is 0 Å². The Morgan fingerprint density at radius 2 is 1.92 bits per heavy atom. The van der Waals surface area contributed by atoms with Crippen molar-refractivity contribution in [1.82, 2.24) is 10.6 Å². The summed E-state index contributed by atoms with van der Waals surface area (Å²) < 4.78 is 0. The monoisotopic (exact) mass is 353 g/mol. The lowest BCUT2D eigenvalue weighted by molar-refractivity contribution is -0.132. The average molecular weight is 354 g/mol. The van der Waals surface area contributed by atoms with Crippen molar-refractivity contribution in [2.24, 2.45) is 5.92 Å². The summed E-state index contributed by atoms with van der Waals surface area (Å²) in [6.07, 6.45) is 0.577. The van der Waals surface area contributed by atoms with Gasteiger partial charge in [0, 0.05) is 24.8 Å². The molecule has 1 saturated heterocycles. The predicted octanol–water partition coefficient (Wildman–Crippen LogP) is 2.19. The normalized spacial score (nSPS) is 18.2. The number of aryl methyl sites for hydroxylation is 2. The zero-order valence-corrected chi connectivity index (χ0v) is 15.7. The molecule has 24 heavy (non-hydrogen) atoms. The van der Waals surface area contributed by atoms with Gasteiger partial charge in [-0.25, -0.2) is 0 Å². The summed E-state index contributed by atoms with van der Waals surface area (Å²) in [5.74, 6) is -0.820.